The molecule has 0 aliphatic heterocycles. The number of ether oxygens (including phenoxy) is 1. The summed E-state index contributed by atoms with van der Waals surface area (Å²) in [5.41, 5.74) is -0.318. The molecule has 0 aromatic carbocycles. The number of methoxy groups -OCH3 is 1. The second-order valence-corrected chi connectivity index (χ2v) is 4.49. The van der Waals surface area contributed by atoms with Crippen LogP contribution in [0.25, 0.3) is 0 Å². The first kappa shape index (κ1) is 8.36. The molecular weight excluding hydrogens is 176 g/mol. The Morgan fingerprint density at radius 2 is 2.42 bits per heavy atom. The van der Waals surface area contributed by atoms with Crippen LogP contribution in [0, 0.1) is 11.3 Å². The Morgan fingerprint density at radius 1 is 1.67 bits per heavy atom. The molecule has 2 saturated carbocycles. The minimum Gasteiger partial charge on any atom is -0.469 e. The predicted molar refractivity (Wildman–Crippen MR) is 46.0 cm³/mol. The zero-order chi connectivity index (χ0) is 8.77. The highest BCUT2D eigenvalue weighted by Crippen LogP contribution is 2.56. The van der Waals surface area contributed by atoms with Crippen molar-refractivity contribution in [1.29, 1.82) is 0 Å². The number of carbonyl (C=O) groups excluding carboxylic acids is 1. The minimum absolute atomic E-state index is 0.0173. The molecule has 2 aliphatic carbocycles. The number of rotatable bonds is 1. The molecule has 12 heavy (non-hydrogen) atoms. The SMILES string of the molecule is COC(=O)C12CCC(CC1Cl)C2. The highest BCUT2D eigenvalue weighted by molar-refractivity contribution is 6.23. The van der Waals surface area contributed by atoms with Crippen LogP contribution in [0.1, 0.15) is 25.7 Å². The summed E-state index contributed by atoms with van der Waals surface area (Å²) >= 11 is 6.14. The molecule has 3 heteroatoms. The van der Waals surface area contributed by atoms with Gasteiger partial charge in [0.1, 0.15) is 0 Å². The number of fused-ring (bicyclic) bond motifs is 2. The monoisotopic (exact) mass is 188 g/mol. The molecule has 0 saturated heterocycles. The topological polar surface area (TPSA) is 26.3 Å². The van der Waals surface area contributed by atoms with Gasteiger partial charge >= 0.3 is 5.97 Å². The summed E-state index contributed by atoms with van der Waals surface area (Å²) in [6, 6.07) is 0. The van der Waals surface area contributed by atoms with E-state index in [1.165, 1.54) is 7.11 Å². The summed E-state index contributed by atoms with van der Waals surface area (Å²) in [7, 11) is 1.45. The van der Waals surface area contributed by atoms with E-state index in [9.17, 15) is 4.79 Å². The largest absolute Gasteiger partial charge is 0.469 e. The van der Waals surface area contributed by atoms with E-state index >= 15 is 0 Å². The molecule has 0 radical (unpaired) electrons. The molecule has 0 heterocycles. The Labute approximate surface area is 77.2 Å². The summed E-state index contributed by atoms with van der Waals surface area (Å²) in [5, 5.41) is 0.0173. The van der Waals surface area contributed by atoms with Crippen molar-refractivity contribution in [1.82, 2.24) is 0 Å². The van der Waals surface area contributed by atoms with Gasteiger partial charge in [0.15, 0.2) is 0 Å². The van der Waals surface area contributed by atoms with E-state index in [-0.39, 0.29) is 16.8 Å². The van der Waals surface area contributed by atoms with E-state index in [0.29, 0.717) is 5.92 Å². The first-order valence-electron chi connectivity index (χ1n) is 4.41. The van der Waals surface area contributed by atoms with Crippen LogP contribution in [0.4, 0.5) is 0 Å². The molecule has 0 aromatic rings. The van der Waals surface area contributed by atoms with Gasteiger partial charge in [-0.25, -0.2) is 0 Å². The highest BCUT2D eigenvalue weighted by Gasteiger charge is 2.56. The van der Waals surface area contributed by atoms with E-state index in [2.05, 4.69) is 0 Å². The van der Waals surface area contributed by atoms with Crippen molar-refractivity contribution in [2.75, 3.05) is 7.11 Å². The van der Waals surface area contributed by atoms with Gasteiger partial charge in [0.05, 0.1) is 12.5 Å². The normalized spacial score (nSPS) is 44.8. The Kier molecular flexibility index (Phi) is 1.83. The summed E-state index contributed by atoms with van der Waals surface area (Å²) in [4.78, 5) is 11.5. The smallest absolute Gasteiger partial charge is 0.313 e. The van der Waals surface area contributed by atoms with Gasteiger partial charge in [0.2, 0.25) is 0 Å². The standard InChI is InChI=1S/C9H13ClO2/c1-12-8(11)9-3-2-6(5-9)4-7(9)10/h6-7H,2-5H2,1H3. The Balaban J connectivity index is 2.23. The van der Waals surface area contributed by atoms with Gasteiger partial charge in [-0.05, 0) is 31.6 Å². The van der Waals surface area contributed by atoms with Crippen LogP contribution < -0.4 is 0 Å². The zero-order valence-electron chi connectivity index (χ0n) is 7.18. The van der Waals surface area contributed by atoms with Gasteiger partial charge in [-0.3, -0.25) is 4.79 Å². The van der Waals surface area contributed by atoms with Crippen molar-refractivity contribution in [3.63, 3.8) is 0 Å². The molecular formula is C9H13ClO2. The molecule has 3 unspecified atom stereocenters. The molecule has 3 atom stereocenters. The van der Waals surface area contributed by atoms with Crippen LogP contribution >= 0.6 is 11.6 Å². The second kappa shape index (κ2) is 2.63. The van der Waals surface area contributed by atoms with Crippen molar-refractivity contribution < 1.29 is 9.53 Å². The molecule has 2 rings (SSSR count). The fraction of sp³-hybridized carbons (Fsp3) is 0.889. The second-order valence-electron chi connectivity index (χ2n) is 3.96. The molecule has 0 N–H and O–H groups in total. The molecule has 0 spiro atoms. The third-order valence-corrected chi connectivity index (χ3v) is 3.98. The van der Waals surface area contributed by atoms with Crippen molar-refractivity contribution in [2.24, 2.45) is 11.3 Å². The van der Waals surface area contributed by atoms with Crippen LogP contribution in [-0.2, 0) is 9.53 Å². The molecule has 0 amide bonds. The molecule has 2 fully saturated rings. The van der Waals surface area contributed by atoms with Gasteiger partial charge in [-0.15, -0.1) is 11.6 Å². The molecule has 2 aliphatic rings. The summed E-state index contributed by atoms with van der Waals surface area (Å²) in [6.07, 6.45) is 4.03. The van der Waals surface area contributed by atoms with Crippen LogP contribution in [-0.4, -0.2) is 18.5 Å². The van der Waals surface area contributed by atoms with Crippen LogP contribution in [0.5, 0.6) is 0 Å². The van der Waals surface area contributed by atoms with Crippen LogP contribution in [0.3, 0.4) is 0 Å². The van der Waals surface area contributed by atoms with E-state index in [4.69, 9.17) is 16.3 Å². The predicted octanol–water partition coefficient (Wildman–Crippen LogP) is 1.96. The lowest BCUT2D eigenvalue weighted by molar-refractivity contribution is -0.151. The van der Waals surface area contributed by atoms with Gasteiger partial charge in [0.25, 0.3) is 0 Å². The van der Waals surface area contributed by atoms with Crippen molar-refractivity contribution in [3.8, 4) is 0 Å². The number of hydrogen-bond donors (Lipinski definition) is 0. The Bertz CT molecular complexity index is 217. The van der Waals surface area contributed by atoms with Gasteiger partial charge in [0, 0.05) is 5.38 Å². The average Bonchev–Trinajstić information content (AvgIpc) is 2.60. The maximum Gasteiger partial charge on any atom is 0.313 e. The average molecular weight is 189 g/mol. The lowest BCUT2D eigenvalue weighted by Gasteiger charge is -2.27. The Morgan fingerprint density at radius 3 is 2.83 bits per heavy atom. The van der Waals surface area contributed by atoms with E-state index in [1.54, 1.807) is 0 Å². The van der Waals surface area contributed by atoms with Gasteiger partial charge in [-0.2, -0.15) is 0 Å². The fourth-order valence-electron chi connectivity index (χ4n) is 2.70. The van der Waals surface area contributed by atoms with Crippen LogP contribution in [0.15, 0.2) is 0 Å². The summed E-state index contributed by atoms with van der Waals surface area (Å²) in [6.45, 7) is 0. The maximum absolute atomic E-state index is 11.5. The lowest BCUT2D eigenvalue weighted by Crippen LogP contribution is -2.35. The lowest BCUT2D eigenvalue weighted by atomic mass is 9.84. The molecule has 68 valence electrons. The minimum atomic E-state index is -0.318. The Hall–Kier alpha value is -0.240. The van der Waals surface area contributed by atoms with Crippen molar-refractivity contribution in [3.05, 3.63) is 0 Å². The number of carbonyl (C=O) groups is 1. The van der Waals surface area contributed by atoms with Gasteiger partial charge in [-0.1, -0.05) is 0 Å². The quantitative estimate of drug-likeness (QED) is 0.465. The van der Waals surface area contributed by atoms with E-state index < -0.39 is 0 Å². The highest BCUT2D eigenvalue weighted by atomic mass is 35.5. The van der Waals surface area contributed by atoms with Crippen molar-refractivity contribution >= 4 is 17.6 Å². The molecule has 2 nitrogen and oxygen atoms in total. The summed E-state index contributed by atoms with van der Waals surface area (Å²) in [5.74, 6) is 0.578. The van der Waals surface area contributed by atoms with Gasteiger partial charge < -0.3 is 4.74 Å². The number of alkyl halides is 1. The van der Waals surface area contributed by atoms with Crippen molar-refractivity contribution in [2.45, 2.75) is 31.1 Å². The first-order chi connectivity index (χ1) is 5.69. The molecule has 0 aromatic heterocycles. The third kappa shape index (κ3) is 0.905. The summed E-state index contributed by atoms with van der Waals surface area (Å²) < 4.78 is 4.80. The van der Waals surface area contributed by atoms with E-state index in [1.807, 2.05) is 0 Å². The van der Waals surface area contributed by atoms with E-state index in [0.717, 1.165) is 25.7 Å². The maximum atomic E-state index is 11.5. The first-order valence-corrected chi connectivity index (χ1v) is 4.85. The fourth-order valence-corrected chi connectivity index (χ4v) is 3.24. The third-order valence-electron chi connectivity index (χ3n) is 3.38. The number of hydrogen-bond acceptors (Lipinski definition) is 2. The molecule has 2 bridgehead atoms. The number of esters is 1. The van der Waals surface area contributed by atoms with Crippen LogP contribution in [0.2, 0.25) is 0 Å². The number of halogens is 1. The zero-order valence-corrected chi connectivity index (χ0v) is 7.93.